The molecule has 0 atom stereocenters. The van der Waals surface area contributed by atoms with Crippen molar-refractivity contribution in [3.63, 3.8) is 0 Å². The Kier molecular flexibility index (Phi) is 4.10. The summed E-state index contributed by atoms with van der Waals surface area (Å²) < 4.78 is 1.77. The molecule has 7 heteroatoms. The third kappa shape index (κ3) is 3.74. The number of nitrogens with zero attached hydrogens (tertiary/aromatic N) is 3. The van der Waals surface area contributed by atoms with Crippen molar-refractivity contribution < 1.29 is 9.59 Å². The summed E-state index contributed by atoms with van der Waals surface area (Å²) in [5, 5.41) is 9.70. The quantitative estimate of drug-likeness (QED) is 0.887. The summed E-state index contributed by atoms with van der Waals surface area (Å²) in [5.41, 5.74) is 1.06. The Labute approximate surface area is 134 Å². The van der Waals surface area contributed by atoms with Gasteiger partial charge in [-0.1, -0.05) is 0 Å². The molecule has 1 fully saturated rings. The van der Waals surface area contributed by atoms with E-state index in [0.717, 1.165) is 12.8 Å². The fourth-order valence-electron chi connectivity index (χ4n) is 2.10. The monoisotopic (exact) mass is 313 g/mol. The van der Waals surface area contributed by atoms with Gasteiger partial charge in [0.05, 0.1) is 11.9 Å². The van der Waals surface area contributed by atoms with E-state index in [4.69, 9.17) is 0 Å². The molecule has 23 heavy (non-hydrogen) atoms. The van der Waals surface area contributed by atoms with Crippen LogP contribution >= 0.6 is 0 Å². The predicted octanol–water partition coefficient (Wildman–Crippen LogP) is 2.46. The number of hydrogen-bond donors (Lipinski definition) is 2. The molecule has 0 aromatic carbocycles. The first-order valence-corrected chi connectivity index (χ1v) is 7.65. The largest absolute Gasteiger partial charge is 0.319 e. The number of hydrogen-bond acceptors (Lipinski definition) is 4. The second-order valence-electron chi connectivity index (χ2n) is 5.95. The maximum atomic E-state index is 12.3. The first-order chi connectivity index (χ1) is 11.0. The Morgan fingerprint density at radius 1 is 1.30 bits per heavy atom. The zero-order chi connectivity index (χ0) is 16.4. The fourth-order valence-corrected chi connectivity index (χ4v) is 2.10. The van der Waals surface area contributed by atoms with Gasteiger partial charge >= 0.3 is 0 Å². The van der Waals surface area contributed by atoms with E-state index >= 15 is 0 Å². The fraction of sp³-hybridized carbons (Fsp3) is 0.375. The van der Waals surface area contributed by atoms with E-state index in [9.17, 15) is 9.59 Å². The number of carbonyl (C=O) groups excluding carboxylic acids is 2. The molecule has 0 radical (unpaired) electrons. The molecule has 3 rings (SSSR count). The molecule has 7 nitrogen and oxygen atoms in total. The maximum Gasteiger partial charge on any atom is 0.255 e. The van der Waals surface area contributed by atoms with Gasteiger partial charge in [-0.2, -0.15) is 5.10 Å². The molecular formula is C16H19N5O2. The van der Waals surface area contributed by atoms with Crippen LogP contribution in [-0.2, 0) is 4.79 Å². The lowest BCUT2D eigenvalue weighted by Gasteiger charge is -2.06. The van der Waals surface area contributed by atoms with Crippen LogP contribution in [0.25, 0.3) is 0 Å². The van der Waals surface area contributed by atoms with Crippen LogP contribution in [0.5, 0.6) is 0 Å². The summed E-state index contributed by atoms with van der Waals surface area (Å²) in [6.45, 7) is 4.02. The van der Waals surface area contributed by atoms with E-state index in [0.29, 0.717) is 17.1 Å². The van der Waals surface area contributed by atoms with Crippen molar-refractivity contribution in [2.45, 2.75) is 32.7 Å². The first-order valence-electron chi connectivity index (χ1n) is 7.65. The van der Waals surface area contributed by atoms with Crippen molar-refractivity contribution in [1.29, 1.82) is 0 Å². The Bertz CT molecular complexity index is 734. The van der Waals surface area contributed by atoms with Crippen LogP contribution in [0.3, 0.4) is 0 Å². The van der Waals surface area contributed by atoms with Crippen molar-refractivity contribution >= 4 is 23.3 Å². The number of aromatic nitrogens is 3. The van der Waals surface area contributed by atoms with Gasteiger partial charge in [0.2, 0.25) is 5.91 Å². The SMILES string of the molecule is CC(C)n1cc(NC(=O)c2ccnc(NC(=O)C3CC3)c2)cn1. The first kappa shape index (κ1) is 15.2. The predicted molar refractivity (Wildman–Crippen MR) is 86.2 cm³/mol. The van der Waals surface area contributed by atoms with Gasteiger partial charge in [-0.15, -0.1) is 0 Å². The third-order valence-corrected chi connectivity index (χ3v) is 3.61. The van der Waals surface area contributed by atoms with Crippen molar-refractivity contribution in [1.82, 2.24) is 14.8 Å². The van der Waals surface area contributed by atoms with Gasteiger partial charge in [0, 0.05) is 29.9 Å². The van der Waals surface area contributed by atoms with E-state index in [1.54, 1.807) is 29.2 Å². The van der Waals surface area contributed by atoms with Gasteiger partial charge in [-0.25, -0.2) is 4.98 Å². The molecule has 2 aromatic heterocycles. The molecule has 2 aromatic rings. The molecule has 0 bridgehead atoms. The number of carbonyl (C=O) groups is 2. The summed E-state index contributed by atoms with van der Waals surface area (Å²) in [6, 6.07) is 3.41. The van der Waals surface area contributed by atoms with Crippen LogP contribution in [0.1, 0.15) is 43.1 Å². The highest BCUT2D eigenvalue weighted by atomic mass is 16.2. The highest BCUT2D eigenvalue weighted by Gasteiger charge is 2.29. The number of anilines is 2. The number of nitrogens with one attached hydrogen (secondary N) is 2. The van der Waals surface area contributed by atoms with E-state index in [1.807, 2.05) is 13.8 Å². The Balaban J connectivity index is 1.67. The standard InChI is InChI=1S/C16H19N5O2/c1-10(2)21-9-13(8-18-21)19-16(23)12-5-6-17-14(7-12)20-15(22)11-3-4-11/h5-11H,3-4H2,1-2H3,(H,19,23)(H,17,20,22). The zero-order valence-electron chi connectivity index (χ0n) is 13.1. The number of rotatable bonds is 5. The average Bonchev–Trinajstić information content (AvgIpc) is 3.27. The Morgan fingerprint density at radius 2 is 2.09 bits per heavy atom. The van der Waals surface area contributed by atoms with Gasteiger partial charge in [-0.3, -0.25) is 14.3 Å². The second-order valence-corrected chi connectivity index (χ2v) is 5.95. The van der Waals surface area contributed by atoms with Crippen LogP contribution in [0.2, 0.25) is 0 Å². The van der Waals surface area contributed by atoms with Crippen LogP contribution in [0, 0.1) is 5.92 Å². The van der Waals surface area contributed by atoms with Crippen molar-refractivity contribution in [3.8, 4) is 0 Å². The lowest BCUT2D eigenvalue weighted by Crippen LogP contribution is -2.16. The minimum atomic E-state index is -0.266. The highest BCUT2D eigenvalue weighted by Crippen LogP contribution is 2.30. The molecule has 1 saturated carbocycles. The van der Waals surface area contributed by atoms with Crippen molar-refractivity contribution in [2.24, 2.45) is 5.92 Å². The summed E-state index contributed by atoms with van der Waals surface area (Å²) in [6.07, 6.45) is 6.74. The molecule has 0 unspecified atom stereocenters. The molecule has 0 aliphatic heterocycles. The van der Waals surface area contributed by atoms with Gasteiger partial charge < -0.3 is 10.6 Å². The van der Waals surface area contributed by atoms with Crippen molar-refractivity contribution in [3.05, 3.63) is 36.3 Å². The van der Waals surface area contributed by atoms with Crippen LogP contribution in [-0.4, -0.2) is 26.6 Å². The summed E-state index contributed by atoms with van der Waals surface area (Å²) in [4.78, 5) is 28.1. The minimum absolute atomic E-state index is 0.0340. The lowest BCUT2D eigenvalue weighted by atomic mass is 10.2. The molecular weight excluding hydrogens is 294 g/mol. The van der Waals surface area contributed by atoms with Gasteiger partial charge in [-0.05, 0) is 38.8 Å². The maximum absolute atomic E-state index is 12.3. The molecule has 0 saturated heterocycles. The molecule has 2 heterocycles. The summed E-state index contributed by atoms with van der Waals surface area (Å²) in [5.74, 6) is 0.189. The molecule has 1 aliphatic rings. The molecule has 2 amide bonds. The molecule has 1 aliphatic carbocycles. The van der Waals surface area contributed by atoms with E-state index in [1.165, 1.54) is 6.20 Å². The van der Waals surface area contributed by atoms with Gasteiger partial charge in [0.25, 0.3) is 5.91 Å². The smallest absolute Gasteiger partial charge is 0.255 e. The van der Waals surface area contributed by atoms with E-state index in [-0.39, 0.29) is 23.8 Å². The second kappa shape index (κ2) is 6.20. The normalized spacial score (nSPS) is 13.9. The average molecular weight is 313 g/mol. The van der Waals surface area contributed by atoms with E-state index < -0.39 is 0 Å². The van der Waals surface area contributed by atoms with E-state index in [2.05, 4.69) is 20.7 Å². The van der Waals surface area contributed by atoms with Gasteiger partial charge in [0.1, 0.15) is 5.82 Å². The zero-order valence-corrected chi connectivity index (χ0v) is 13.1. The van der Waals surface area contributed by atoms with Crippen LogP contribution < -0.4 is 10.6 Å². The van der Waals surface area contributed by atoms with Gasteiger partial charge in [0.15, 0.2) is 0 Å². The number of amides is 2. The molecule has 0 spiro atoms. The number of pyridine rings is 1. The Hall–Kier alpha value is -2.70. The third-order valence-electron chi connectivity index (χ3n) is 3.61. The summed E-state index contributed by atoms with van der Waals surface area (Å²) in [7, 11) is 0. The molecule has 120 valence electrons. The van der Waals surface area contributed by atoms with Crippen molar-refractivity contribution in [2.75, 3.05) is 10.6 Å². The minimum Gasteiger partial charge on any atom is -0.319 e. The molecule has 2 N–H and O–H groups in total. The Morgan fingerprint density at radius 3 is 2.74 bits per heavy atom. The highest BCUT2D eigenvalue weighted by molar-refractivity contribution is 6.05. The summed E-state index contributed by atoms with van der Waals surface area (Å²) >= 11 is 0. The van der Waals surface area contributed by atoms with Crippen LogP contribution in [0.4, 0.5) is 11.5 Å². The topological polar surface area (TPSA) is 88.9 Å². The lowest BCUT2D eigenvalue weighted by molar-refractivity contribution is -0.117. The van der Waals surface area contributed by atoms with Crippen LogP contribution in [0.15, 0.2) is 30.7 Å².